The number of ether oxygens (including phenoxy) is 1. The molecule has 0 aliphatic rings. The molecule has 0 aliphatic heterocycles. The minimum Gasteiger partial charge on any atom is -0.455 e. The lowest BCUT2D eigenvalue weighted by atomic mass is 10.1. The molecule has 2 aromatic rings. The monoisotopic (exact) mass is 311 g/mol. The van der Waals surface area contributed by atoms with Gasteiger partial charge in [-0.15, -0.1) is 11.6 Å². The zero-order chi connectivity index (χ0) is 14.7. The van der Waals surface area contributed by atoms with Gasteiger partial charge in [0.15, 0.2) is 5.75 Å². The second kappa shape index (κ2) is 6.11. The molecule has 0 saturated heterocycles. The Morgan fingerprint density at radius 2 is 1.95 bits per heavy atom. The van der Waals surface area contributed by atoms with Crippen molar-refractivity contribution in [2.75, 3.05) is 0 Å². The van der Waals surface area contributed by atoms with Crippen LogP contribution in [0.4, 0.5) is 5.69 Å². The van der Waals surface area contributed by atoms with Crippen molar-refractivity contribution in [3.05, 3.63) is 62.7 Å². The quantitative estimate of drug-likeness (QED) is 0.449. The van der Waals surface area contributed by atoms with Gasteiger partial charge in [0.2, 0.25) is 0 Å². The average Bonchev–Trinajstić information content (AvgIpc) is 2.42. The Labute approximate surface area is 126 Å². The summed E-state index contributed by atoms with van der Waals surface area (Å²) in [6.45, 7) is 1.94. The summed E-state index contributed by atoms with van der Waals surface area (Å²) in [5, 5.41) is 11.1. The van der Waals surface area contributed by atoms with Crippen molar-refractivity contribution < 1.29 is 9.66 Å². The Bertz CT molecular complexity index is 659. The first-order valence-electron chi connectivity index (χ1n) is 5.78. The predicted octanol–water partition coefficient (Wildman–Crippen LogP) is 5.09. The third-order valence-corrected chi connectivity index (χ3v) is 3.31. The molecule has 0 fully saturated rings. The molecule has 0 aliphatic carbocycles. The molecular formula is C14H11Cl2NO3. The summed E-state index contributed by atoms with van der Waals surface area (Å²) in [5.41, 5.74) is 1.77. The first-order chi connectivity index (χ1) is 9.51. The van der Waals surface area contributed by atoms with Gasteiger partial charge in [-0.25, -0.2) is 0 Å². The van der Waals surface area contributed by atoms with Crippen LogP contribution in [0.25, 0.3) is 0 Å². The molecule has 0 spiro atoms. The second-order valence-electron chi connectivity index (χ2n) is 4.22. The van der Waals surface area contributed by atoms with Crippen LogP contribution in [0.3, 0.4) is 0 Å². The molecule has 20 heavy (non-hydrogen) atoms. The zero-order valence-corrected chi connectivity index (χ0v) is 12.1. The number of aryl methyl sites for hydroxylation is 1. The van der Waals surface area contributed by atoms with Crippen molar-refractivity contribution in [1.82, 2.24) is 0 Å². The van der Waals surface area contributed by atoms with Crippen molar-refractivity contribution in [3.63, 3.8) is 0 Å². The number of nitrogens with zero attached hydrogens (tertiary/aromatic N) is 1. The van der Waals surface area contributed by atoms with E-state index >= 15 is 0 Å². The molecule has 0 bridgehead atoms. The van der Waals surface area contributed by atoms with E-state index in [9.17, 15) is 10.1 Å². The maximum atomic E-state index is 10.8. The first kappa shape index (κ1) is 14.6. The molecule has 4 nitrogen and oxygen atoms in total. The Kier molecular flexibility index (Phi) is 4.47. The van der Waals surface area contributed by atoms with Crippen molar-refractivity contribution in [2.45, 2.75) is 12.8 Å². The molecule has 0 atom stereocenters. The number of non-ortho nitro benzene ring substituents is 1. The highest BCUT2D eigenvalue weighted by atomic mass is 35.5. The van der Waals surface area contributed by atoms with E-state index in [0.29, 0.717) is 10.8 Å². The van der Waals surface area contributed by atoms with Crippen molar-refractivity contribution in [3.8, 4) is 11.5 Å². The molecule has 0 unspecified atom stereocenters. The summed E-state index contributed by atoms with van der Waals surface area (Å²) in [7, 11) is 0. The third-order valence-electron chi connectivity index (χ3n) is 2.71. The number of alkyl halides is 1. The number of hydrogen-bond donors (Lipinski definition) is 0. The third kappa shape index (κ3) is 3.21. The van der Waals surface area contributed by atoms with Gasteiger partial charge in [-0.1, -0.05) is 29.3 Å². The second-order valence-corrected chi connectivity index (χ2v) is 4.89. The smallest absolute Gasteiger partial charge is 0.273 e. The molecule has 2 rings (SSSR count). The van der Waals surface area contributed by atoms with Crippen LogP contribution in [0.2, 0.25) is 5.02 Å². The van der Waals surface area contributed by atoms with Gasteiger partial charge in [-0.05, 0) is 19.1 Å². The summed E-state index contributed by atoms with van der Waals surface area (Å²) in [6.07, 6.45) is 0. The molecule has 0 saturated carbocycles. The number of nitro groups is 1. The molecule has 2 aromatic carbocycles. The van der Waals surface area contributed by atoms with E-state index < -0.39 is 4.92 Å². The lowest BCUT2D eigenvalue weighted by Gasteiger charge is -2.11. The van der Waals surface area contributed by atoms with Gasteiger partial charge in [0.25, 0.3) is 5.69 Å². The van der Waals surface area contributed by atoms with Crippen molar-refractivity contribution in [1.29, 1.82) is 0 Å². The highest BCUT2D eigenvalue weighted by Gasteiger charge is 2.13. The number of nitro benzene ring substituents is 1. The van der Waals surface area contributed by atoms with Crippen molar-refractivity contribution in [2.24, 2.45) is 0 Å². The largest absolute Gasteiger partial charge is 0.455 e. The van der Waals surface area contributed by atoms with Crippen LogP contribution in [-0.2, 0) is 5.88 Å². The number of halogens is 2. The Morgan fingerprint density at radius 3 is 2.60 bits per heavy atom. The molecule has 6 heteroatoms. The van der Waals surface area contributed by atoms with Gasteiger partial charge < -0.3 is 4.74 Å². The lowest BCUT2D eigenvalue weighted by Crippen LogP contribution is -1.93. The normalized spacial score (nSPS) is 10.3. The Balaban J connectivity index is 2.39. The summed E-state index contributed by atoms with van der Waals surface area (Å²) in [4.78, 5) is 10.3. The van der Waals surface area contributed by atoms with Gasteiger partial charge >= 0.3 is 0 Å². The van der Waals surface area contributed by atoms with Gasteiger partial charge in [0.1, 0.15) is 5.75 Å². The topological polar surface area (TPSA) is 52.4 Å². The summed E-state index contributed by atoms with van der Waals surface area (Å²) >= 11 is 11.9. The van der Waals surface area contributed by atoms with Crippen molar-refractivity contribution >= 4 is 28.9 Å². The van der Waals surface area contributed by atoms with Crippen LogP contribution >= 0.6 is 23.2 Å². The van der Waals surface area contributed by atoms with Crippen LogP contribution in [0.5, 0.6) is 11.5 Å². The fourth-order valence-electron chi connectivity index (χ4n) is 1.71. The maximum absolute atomic E-state index is 10.8. The molecule has 0 aromatic heterocycles. The lowest BCUT2D eigenvalue weighted by molar-refractivity contribution is -0.384. The van der Waals surface area contributed by atoms with E-state index in [1.165, 1.54) is 18.2 Å². The minimum absolute atomic E-state index is 0.0797. The van der Waals surface area contributed by atoms with Crippen LogP contribution in [0, 0.1) is 17.0 Å². The predicted molar refractivity (Wildman–Crippen MR) is 78.9 cm³/mol. The fraction of sp³-hybridized carbons (Fsp3) is 0.143. The fourth-order valence-corrected chi connectivity index (χ4v) is 2.08. The maximum Gasteiger partial charge on any atom is 0.273 e. The Hall–Kier alpha value is -1.78. The van der Waals surface area contributed by atoms with Crippen LogP contribution in [-0.4, -0.2) is 4.92 Å². The summed E-state index contributed by atoms with van der Waals surface area (Å²) in [5.74, 6) is 1.05. The molecule has 104 valence electrons. The molecule has 0 N–H and O–H groups in total. The van der Waals surface area contributed by atoms with E-state index in [1.54, 1.807) is 6.07 Å². The number of benzene rings is 2. The summed E-state index contributed by atoms with van der Waals surface area (Å²) < 4.78 is 5.66. The molecule has 0 amide bonds. The van der Waals surface area contributed by atoms with Crippen LogP contribution in [0.1, 0.15) is 11.1 Å². The molecule has 0 heterocycles. The Morgan fingerprint density at radius 1 is 1.20 bits per heavy atom. The molecular weight excluding hydrogens is 301 g/mol. The summed E-state index contributed by atoms with van der Waals surface area (Å²) in [6, 6.07) is 9.59. The van der Waals surface area contributed by atoms with E-state index in [-0.39, 0.29) is 17.3 Å². The average molecular weight is 312 g/mol. The first-order valence-corrected chi connectivity index (χ1v) is 6.70. The minimum atomic E-state index is -0.499. The van der Waals surface area contributed by atoms with E-state index in [0.717, 1.165) is 11.1 Å². The molecule has 0 radical (unpaired) electrons. The standard InChI is InChI=1S/C14H11Cl2NO3/c1-9-2-5-13(10(6-9)8-15)20-14-7-11(17(18)19)3-4-12(14)16/h2-7H,8H2,1H3. The van der Waals surface area contributed by atoms with E-state index in [2.05, 4.69) is 0 Å². The van der Waals surface area contributed by atoms with Crippen LogP contribution in [0.15, 0.2) is 36.4 Å². The van der Waals surface area contributed by atoms with Gasteiger partial charge in [0, 0.05) is 11.6 Å². The van der Waals surface area contributed by atoms with Gasteiger partial charge in [-0.2, -0.15) is 0 Å². The van der Waals surface area contributed by atoms with E-state index in [1.807, 2.05) is 19.1 Å². The van der Waals surface area contributed by atoms with Gasteiger partial charge in [-0.3, -0.25) is 10.1 Å². The van der Waals surface area contributed by atoms with E-state index in [4.69, 9.17) is 27.9 Å². The highest BCUT2D eigenvalue weighted by Crippen LogP contribution is 2.34. The number of hydrogen-bond acceptors (Lipinski definition) is 3. The number of rotatable bonds is 4. The highest BCUT2D eigenvalue weighted by molar-refractivity contribution is 6.32. The zero-order valence-electron chi connectivity index (χ0n) is 10.6. The van der Waals surface area contributed by atoms with Crippen LogP contribution < -0.4 is 4.74 Å². The SMILES string of the molecule is Cc1ccc(Oc2cc([N+](=O)[O-])ccc2Cl)c(CCl)c1. The van der Waals surface area contributed by atoms with Gasteiger partial charge in [0.05, 0.1) is 21.9 Å².